The van der Waals surface area contributed by atoms with Gasteiger partial charge < -0.3 is 15.4 Å². The van der Waals surface area contributed by atoms with Gasteiger partial charge in [-0.25, -0.2) is 0 Å². The summed E-state index contributed by atoms with van der Waals surface area (Å²) in [5.74, 6) is -0.133. The molecule has 6 heteroatoms. The Hall–Kier alpha value is -1.40. The lowest BCUT2D eigenvalue weighted by Gasteiger charge is -2.19. The molecule has 3 atom stereocenters. The first kappa shape index (κ1) is 15.0. The van der Waals surface area contributed by atoms with Crippen molar-refractivity contribution in [1.82, 2.24) is 0 Å². The summed E-state index contributed by atoms with van der Waals surface area (Å²) in [4.78, 5) is 13.7. The second-order valence-corrected chi connectivity index (χ2v) is 6.63. The molecule has 3 unspecified atom stereocenters. The number of amides is 1. The van der Waals surface area contributed by atoms with E-state index >= 15 is 0 Å². The lowest BCUT2D eigenvalue weighted by Crippen LogP contribution is -2.35. The van der Waals surface area contributed by atoms with Gasteiger partial charge in [-0.1, -0.05) is 0 Å². The van der Waals surface area contributed by atoms with Crippen molar-refractivity contribution in [3.8, 4) is 0 Å². The second kappa shape index (κ2) is 6.37. The third-order valence-corrected chi connectivity index (χ3v) is 5.39. The van der Waals surface area contributed by atoms with Gasteiger partial charge in [-0.3, -0.25) is 9.00 Å². The van der Waals surface area contributed by atoms with Crippen LogP contribution >= 0.6 is 0 Å². The molecule has 2 N–H and O–H groups in total. The number of nitrogens with zero attached hydrogens (tertiary/aromatic N) is 1. The van der Waals surface area contributed by atoms with E-state index in [0.29, 0.717) is 12.3 Å². The molecule has 20 heavy (non-hydrogen) atoms. The lowest BCUT2D eigenvalue weighted by atomic mass is 10.2. The second-order valence-electron chi connectivity index (χ2n) is 4.97. The third kappa shape index (κ3) is 3.37. The highest BCUT2D eigenvalue weighted by atomic mass is 32.2. The number of ether oxygens (including phenoxy) is 1. The normalized spacial score (nSPS) is 23.5. The Bertz CT molecular complexity index is 504. The molecule has 2 rings (SSSR count). The van der Waals surface area contributed by atoms with Crippen LogP contribution in [-0.2, 0) is 20.3 Å². The minimum absolute atomic E-state index is 0.0270. The van der Waals surface area contributed by atoms with Crippen LogP contribution in [0, 0.1) is 0 Å². The van der Waals surface area contributed by atoms with Crippen LogP contribution in [0.5, 0.6) is 0 Å². The zero-order valence-corrected chi connectivity index (χ0v) is 12.6. The van der Waals surface area contributed by atoms with Crippen LogP contribution in [0.25, 0.3) is 0 Å². The number of hydrogen-bond donors (Lipinski definition) is 1. The zero-order chi connectivity index (χ0) is 14.7. The molecule has 110 valence electrons. The molecule has 0 aliphatic carbocycles. The van der Waals surface area contributed by atoms with Crippen molar-refractivity contribution in [2.75, 3.05) is 30.0 Å². The molecule has 1 aromatic carbocycles. The number of nitrogens with two attached hydrogens (primary N) is 1. The highest BCUT2D eigenvalue weighted by Gasteiger charge is 2.31. The summed E-state index contributed by atoms with van der Waals surface area (Å²) in [5, 5.41) is -0.0428. The summed E-state index contributed by atoms with van der Waals surface area (Å²) in [7, 11) is 0.485. The lowest BCUT2D eigenvalue weighted by molar-refractivity contribution is -0.115. The number of rotatable bonds is 4. The first-order valence-electron chi connectivity index (χ1n) is 6.60. The summed E-state index contributed by atoms with van der Waals surface area (Å²) >= 11 is 0. The van der Waals surface area contributed by atoms with Crippen molar-refractivity contribution in [2.24, 2.45) is 0 Å². The molecule has 0 radical (unpaired) electrons. The fourth-order valence-electron chi connectivity index (χ4n) is 2.22. The molecule has 1 saturated heterocycles. The van der Waals surface area contributed by atoms with Crippen LogP contribution in [0.1, 0.15) is 13.3 Å². The van der Waals surface area contributed by atoms with Gasteiger partial charge in [0.1, 0.15) is 5.75 Å². The molecule has 0 aromatic heterocycles. The number of anilines is 2. The van der Waals surface area contributed by atoms with E-state index in [1.165, 1.54) is 4.90 Å². The average Bonchev–Trinajstić information content (AvgIpc) is 2.85. The predicted molar refractivity (Wildman–Crippen MR) is 81.1 cm³/mol. The highest BCUT2D eigenvalue weighted by Crippen LogP contribution is 2.20. The van der Waals surface area contributed by atoms with E-state index in [9.17, 15) is 9.00 Å². The predicted octanol–water partition coefficient (Wildman–Crippen LogP) is 1.16. The number of carbonyl (C=O) groups excluding carboxylic acids is 1. The molecule has 5 nitrogen and oxygen atoms in total. The largest absolute Gasteiger partial charge is 0.399 e. The zero-order valence-electron chi connectivity index (χ0n) is 11.7. The summed E-state index contributed by atoms with van der Waals surface area (Å²) in [6.45, 7) is 2.53. The molecule has 1 aliphatic heterocycles. The van der Waals surface area contributed by atoms with Crippen LogP contribution in [0.4, 0.5) is 11.4 Å². The Kier molecular flexibility index (Phi) is 4.77. The first-order valence-corrected chi connectivity index (χ1v) is 7.98. The smallest absolute Gasteiger partial charge is 0.239 e. The fraction of sp³-hybridized carbons (Fsp3) is 0.500. The monoisotopic (exact) mass is 296 g/mol. The van der Waals surface area contributed by atoms with E-state index in [-0.39, 0.29) is 23.0 Å². The summed E-state index contributed by atoms with van der Waals surface area (Å²) < 4.78 is 17.6. The molecule has 1 fully saturated rings. The molecule has 1 amide bonds. The summed E-state index contributed by atoms with van der Waals surface area (Å²) in [6, 6.07) is 7.03. The van der Waals surface area contributed by atoms with Crippen LogP contribution in [0.15, 0.2) is 24.3 Å². The maximum Gasteiger partial charge on any atom is 0.239 e. The fourth-order valence-corrected chi connectivity index (χ4v) is 3.74. The van der Waals surface area contributed by atoms with Gasteiger partial charge in [-0.2, -0.15) is 0 Å². The van der Waals surface area contributed by atoms with Gasteiger partial charge in [-0.15, -0.1) is 0 Å². The number of nitrogen functional groups attached to an aromatic ring is 1. The van der Waals surface area contributed by atoms with Crippen molar-refractivity contribution in [1.29, 1.82) is 0 Å². The van der Waals surface area contributed by atoms with Crippen LogP contribution < -0.4 is 10.6 Å². The van der Waals surface area contributed by atoms with Crippen molar-refractivity contribution < 1.29 is 13.7 Å². The summed E-state index contributed by atoms with van der Waals surface area (Å²) in [5.41, 5.74) is 7.01. The van der Waals surface area contributed by atoms with Crippen molar-refractivity contribution >= 4 is 28.1 Å². The van der Waals surface area contributed by atoms with E-state index in [4.69, 9.17) is 10.5 Å². The topological polar surface area (TPSA) is 72.6 Å². The molecular weight excluding hydrogens is 276 g/mol. The van der Waals surface area contributed by atoms with Gasteiger partial charge in [0.05, 0.1) is 11.4 Å². The molecule has 0 spiro atoms. The molecule has 1 aromatic rings. The molecule has 1 aliphatic rings. The van der Waals surface area contributed by atoms with Crippen molar-refractivity contribution in [3.63, 3.8) is 0 Å². The van der Waals surface area contributed by atoms with Gasteiger partial charge in [-0.05, 0) is 37.6 Å². The minimum Gasteiger partial charge on any atom is -0.399 e. The number of carbonyl (C=O) groups is 1. The minimum atomic E-state index is -1.20. The number of hydrogen-bond acceptors (Lipinski definition) is 4. The Morgan fingerprint density at radius 2 is 2.10 bits per heavy atom. The maximum atomic E-state index is 12.2. The van der Waals surface area contributed by atoms with E-state index < -0.39 is 10.8 Å². The van der Waals surface area contributed by atoms with Gasteiger partial charge >= 0.3 is 0 Å². The van der Waals surface area contributed by atoms with Crippen molar-refractivity contribution in [2.45, 2.75) is 24.7 Å². The van der Waals surface area contributed by atoms with E-state index in [2.05, 4.69) is 0 Å². The van der Waals surface area contributed by atoms with Gasteiger partial charge in [0.15, 0.2) is 0 Å². The quantitative estimate of drug-likeness (QED) is 0.846. The third-order valence-electron chi connectivity index (χ3n) is 3.56. The molecular formula is C14H20N2O3S. The Morgan fingerprint density at radius 3 is 2.65 bits per heavy atom. The van der Waals surface area contributed by atoms with E-state index in [1.54, 1.807) is 31.3 Å². The van der Waals surface area contributed by atoms with Gasteiger partial charge in [0.2, 0.25) is 5.91 Å². The van der Waals surface area contributed by atoms with Crippen LogP contribution in [0.3, 0.4) is 0 Å². The summed E-state index contributed by atoms with van der Waals surface area (Å²) in [6.07, 6.45) is 0.720. The molecule has 0 saturated carbocycles. The van der Waals surface area contributed by atoms with Gasteiger partial charge in [0.25, 0.3) is 0 Å². The number of benzene rings is 1. The SMILES string of the molecule is CC1OCCC1S(=O)CC(=O)N(C)c1ccc(N)cc1. The van der Waals surface area contributed by atoms with Crippen LogP contribution in [-0.4, -0.2) is 40.9 Å². The van der Waals surface area contributed by atoms with E-state index in [1.807, 2.05) is 6.92 Å². The Balaban J connectivity index is 1.97. The van der Waals surface area contributed by atoms with Crippen LogP contribution in [0.2, 0.25) is 0 Å². The van der Waals surface area contributed by atoms with Crippen molar-refractivity contribution in [3.05, 3.63) is 24.3 Å². The highest BCUT2D eigenvalue weighted by molar-refractivity contribution is 7.86. The maximum absolute atomic E-state index is 12.2. The first-order chi connectivity index (χ1) is 9.49. The molecule has 0 bridgehead atoms. The Labute approximate surface area is 121 Å². The average molecular weight is 296 g/mol. The molecule has 1 heterocycles. The van der Waals surface area contributed by atoms with Gasteiger partial charge in [0, 0.05) is 35.8 Å². The van der Waals surface area contributed by atoms with E-state index in [0.717, 1.165) is 12.1 Å². The standard InChI is InChI=1S/C14H20N2O3S/c1-10-13(7-8-19-10)20(18)9-14(17)16(2)12-5-3-11(15)4-6-12/h3-6,10,13H,7-9,15H2,1-2H3. The Morgan fingerprint density at radius 1 is 1.45 bits per heavy atom.